The maximum absolute atomic E-state index is 8.85. The van der Waals surface area contributed by atoms with Crippen molar-refractivity contribution < 1.29 is 5.11 Å². The summed E-state index contributed by atoms with van der Waals surface area (Å²) in [5, 5.41) is 8.85. The fourth-order valence-electron chi connectivity index (χ4n) is 0.772. The van der Waals surface area contributed by atoms with Crippen LogP contribution in [0.2, 0.25) is 0 Å². The molecule has 1 heteroatoms. The summed E-state index contributed by atoms with van der Waals surface area (Å²) in [4.78, 5) is 0. The molecule has 0 aromatic heterocycles. The lowest BCUT2D eigenvalue weighted by Gasteiger charge is -1.93. The van der Waals surface area contributed by atoms with Crippen LogP contribution in [-0.2, 0) is 0 Å². The smallest absolute Gasteiger partial charge is 0.0621 e. The highest BCUT2D eigenvalue weighted by atomic mass is 16.3. The van der Waals surface area contributed by atoms with Crippen LogP contribution >= 0.6 is 0 Å². The summed E-state index contributed by atoms with van der Waals surface area (Å²) >= 11 is 0. The minimum atomic E-state index is -0.270. The van der Waals surface area contributed by atoms with Gasteiger partial charge < -0.3 is 5.11 Å². The molecule has 0 saturated heterocycles. The lowest BCUT2D eigenvalue weighted by Crippen LogP contribution is -1.95. The molecule has 0 spiro atoms. The quantitative estimate of drug-likeness (QED) is 0.487. The van der Waals surface area contributed by atoms with Gasteiger partial charge >= 0.3 is 0 Å². The molecule has 0 saturated carbocycles. The Morgan fingerprint density at radius 2 is 2.00 bits per heavy atom. The summed E-state index contributed by atoms with van der Waals surface area (Å²) in [7, 11) is 0. The first-order valence-corrected chi connectivity index (χ1v) is 4.41. The minimum Gasteiger partial charge on any atom is -0.392 e. The SMILES string of the molecule is CCCCCC#CCC(C)O. The van der Waals surface area contributed by atoms with Crippen LogP contribution in [0.15, 0.2) is 0 Å². The standard InChI is InChI=1S/C10H18O/c1-3-4-5-6-7-8-9-10(2)11/h10-11H,3-6,9H2,1-2H3. The van der Waals surface area contributed by atoms with Crippen LogP contribution in [0.3, 0.4) is 0 Å². The van der Waals surface area contributed by atoms with Gasteiger partial charge in [0.1, 0.15) is 0 Å². The molecule has 0 aliphatic heterocycles. The molecule has 1 N–H and O–H groups in total. The Morgan fingerprint density at radius 3 is 2.55 bits per heavy atom. The van der Waals surface area contributed by atoms with E-state index in [-0.39, 0.29) is 6.10 Å². The van der Waals surface area contributed by atoms with Crippen molar-refractivity contribution in [3.8, 4) is 11.8 Å². The normalized spacial score (nSPS) is 11.9. The van der Waals surface area contributed by atoms with E-state index >= 15 is 0 Å². The van der Waals surface area contributed by atoms with Crippen molar-refractivity contribution >= 4 is 0 Å². The molecule has 1 atom stereocenters. The molecule has 64 valence electrons. The van der Waals surface area contributed by atoms with Gasteiger partial charge in [-0.15, -0.1) is 11.8 Å². The van der Waals surface area contributed by atoms with Crippen molar-refractivity contribution in [1.29, 1.82) is 0 Å². The Morgan fingerprint density at radius 1 is 1.27 bits per heavy atom. The summed E-state index contributed by atoms with van der Waals surface area (Å²) in [5.41, 5.74) is 0. The van der Waals surface area contributed by atoms with Gasteiger partial charge in [-0.1, -0.05) is 19.8 Å². The molecular formula is C10H18O. The molecule has 0 fully saturated rings. The summed E-state index contributed by atoms with van der Waals surface area (Å²) in [6, 6.07) is 0. The fourth-order valence-corrected chi connectivity index (χ4v) is 0.772. The number of rotatable bonds is 4. The van der Waals surface area contributed by atoms with E-state index in [9.17, 15) is 0 Å². The van der Waals surface area contributed by atoms with E-state index in [1.54, 1.807) is 6.92 Å². The molecule has 1 unspecified atom stereocenters. The van der Waals surface area contributed by atoms with Crippen molar-refractivity contribution in [2.75, 3.05) is 0 Å². The van der Waals surface area contributed by atoms with Crippen molar-refractivity contribution in [2.24, 2.45) is 0 Å². The lowest BCUT2D eigenvalue weighted by molar-refractivity contribution is 0.201. The number of aliphatic hydroxyl groups is 1. The maximum atomic E-state index is 8.85. The van der Waals surface area contributed by atoms with Gasteiger partial charge in [-0.3, -0.25) is 0 Å². The number of aliphatic hydroxyl groups excluding tert-OH is 1. The van der Waals surface area contributed by atoms with Crippen LogP contribution in [0.1, 0.15) is 46.0 Å². The van der Waals surface area contributed by atoms with E-state index in [2.05, 4.69) is 18.8 Å². The van der Waals surface area contributed by atoms with Gasteiger partial charge in [0.2, 0.25) is 0 Å². The molecule has 0 rings (SSSR count). The highest BCUT2D eigenvalue weighted by Crippen LogP contribution is 1.97. The van der Waals surface area contributed by atoms with Gasteiger partial charge in [0.25, 0.3) is 0 Å². The van der Waals surface area contributed by atoms with E-state index in [1.165, 1.54) is 19.3 Å². The zero-order valence-electron chi connectivity index (χ0n) is 7.56. The summed E-state index contributed by atoms with van der Waals surface area (Å²) < 4.78 is 0. The fraction of sp³-hybridized carbons (Fsp3) is 0.800. The molecular weight excluding hydrogens is 136 g/mol. The first kappa shape index (κ1) is 10.5. The molecule has 0 amide bonds. The molecule has 1 nitrogen and oxygen atoms in total. The third-order valence-corrected chi connectivity index (χ3v) is 1.43. The Bertz CT molecular complexity index is 128. The predicted molar refractivity (Wildman–Crippen MR) is 48.2 cm³/mol. The van der Waals surface area contributed by atoms with Crippen LogP contribution in [0.25, 0.3) is 0 Å². The van der Waals surface area contributed by atoms with Crippen molar-refractivity contribution in [3.05, 3.63) is 0 Å². The third kappa shape index (κ3) is 9.52. The highest BCUT2D eigenvalue weighted by molar-refractivity contribution is 4.99. The molecule has 0 radical (unpaired) electrons. The molecule has 0 aromatic carbocycles. The van der Waals surface area contributed by atoms with Crippen molar-refractivity contribution in [1.82, 2.24) is 0 Å². The number of hydrogen-bond donors (Lipinski definition) is 1. The molecule has 0 heterocycles. The summed E-state index contributed by atoms with van der Waals surface area (Å²) in [5.74, 6) is 5.99. The van der Waals surface area contributed by atoms with Crippen LogP contribution in [0.4, 0.5) is 0 Å². The number of hydrogen-bond acceptors (Lipinski definition) is 1. The van der Waals surface area contributed by atoms with E-state index in [4.69, 9.17) is 5.11 Å². The van der Waals surface area contributed by atoms with Gasteiger partial charge in [-0.2, -0.15) is 0 Å². The largest absolute Gasteiger partial charge is 0.392 e. The third-order valence-electron chi connectivity index (χ3n) is 1.43. The Kier molecular flexibility index (Phi) is 7.29. The monoisotopic (exact) mass is 154 g/mol. The maximum Gasteiger partial charge on any atom is 0.0621 e. The first-order chi connectivity index (χ1) is 5.27. The minimum absolute atomic E-state index is 0.270. The van der Waals surface area contributed by atoms with E-state index in [0.717, 1.165) is 6.42 Å². The average molecular weight is 154 g/mol. The highest BCUT2D eigenvalue weighted by Gasteiger charge is 1.87. The van der Waals surface area contributed by atoms with Crippen LogP contribution in [0, 0.1) is 11.8 Å². The number of unbranched alkanes of at least 4 members (excludes halogenated alkanes) is 3. The van der Waals surface area contributed by atoms with E-state index < -0.39 is 0 Å². The second kappa shape index (κ2) is 7.63. The van der Waals surface area contributed by atoms with Crippen LogP contribution < -0.4 is 0 Å². The van der Waals surface area contributed by atoms with Crippen molar-refractivity contribution in [3.63, 3.8) is 0 Å². The molecule has 0 aliphatic carbocycles. The molecule has 0 bridgehead atoms. The van der Waals surface area contributed by atoms with E-state index in [1.807, 2.05) is 0 Å². The van der Waals surface area contributed by atoms with Gasteiger partial charge in [0.15, 0.2) is 0 Å². The second-order valence-electron chi connectivity index (χ2n) is 2.86. The molecule has 11 heavy (non-hydrogen) atoms. The molecule has 0 aromatic rings. The predicted octanol–water partition coefficient (Wildman–Crippen LogP) is 2.34. The van der Waals surface area contributed by atoms with Crippen molar-refractivity contribution in [2.45, 2.75) is 52.1 Å². The topological polar surface area (TPSA) is 20.2 Å². The van der Waals surface area contributed by atoms with Crippen LogP contribution in [-0.4, -0.2) is 11.2 Å². The van der Waals surface area contributed by atoms with Gasteiger partial charge in [0, 0.05) is 12.8 Å². The van der Waals surface area contributed by atoms with Gasteiger partial charge in [-0.25, -0.2) is 0 Å². The zero-order chi connectivity index (χ0) is 8.53. The summed E-state index contributed by atoms with van der Waals surface area (Å²) in [6.45, 7) is 3.95. The van der Waals surface area contributed by atoms with Crippen LogP contribution in [0.5, 0.6) is 0 Å². The molecule has 0 aliphatic rings. The first-order valence-electron chi connectivity index (χ1n) is 4.41. The van der Waals surface area contributed by atoms with Gasteiger partial charge in [-0.05, 0) is 13.3 Å². The van der Waals surface area contributed by atoms with Gasteiger partial charge in [0.05, 0.1) is 6.10 Å². The Labute approximate surface area is 69.8 Å². The zero-order valence-corrected chi connectivity index (χ0v) is 7.56. The van der Waals surface area contributed by atoms with E-state index in [0.29, 0.717) is 6.42 Å². The Balaban J connectivity index is 3.12. The lowest BCUT2D eigenvalue weighted by atomic mass is 10.2. The summed E-state index contributed by atoms with van der Waals surface area (Å²) in [6.07, 6.45) is 5.05. The average Bonchev–Trinajstić information content (AvgIpc) is 1.96. The Hall–Kier alpha value is -0.480. The second-order valence-corrected chi connectivity index (χ2v) is 2.86.